The third-order valence-electron chi connectivity index (χ3n) is 3.56. The van der Waals surface area contributed by atoms with E-state index in [0.29, 0.717) is 23.5 Å². The SMILES string of the molecule is CC1CCC(Nc2nccnc2C#N)C(C)C1. The average molecular weight is 230 g/mol. The molecule has 1 aliphatic rings. The first kappa shape index (κ1) is 11.8. The Morgan fingerprint density at radius 1 is 1.29 bits per heavy atom. The van der Waals surface area contributed by atoms with Crippen molar-refractivity contribution in [2.45, 2.75) is 39.2 Å². The van der Waals surface area contributed by atoms with E-state index >= 15 is 0 Å². The first-order valence-corrected chi connectivity index (χ1v) is 6.18. The maximum Gasteiger partial charge on any atom is 0.182 e. The summed E-state index contributed by atoms with van der Waals surface area (Å²) in [4.78, 5) is 8.22. The molecule has 0 aliphatic heterocycles. The highest BCUT2D eigenvalue weighted by Crippen LogP contribution is 2.30. The van der Waals surface area contributed by atoms with Gasteiger partial charge in [-0.05, 0) is 31.1 Å². The van der Waals surface area contributed by atoms with E-state index < -0.39 is 0 Å². The molecular weight excluding hydrogens is 212 g/mol. The lowest BCUT2D eigenvalue weighted by molar-refractivity contribution is 0.276. The lowest BCUT2D eigenvalue weighted by Gasteiger charge is -2.33. The van der Waals surface area contributed by atoms with Gasteiger partial charge in [-0.3, -0.25) is 0 Å². The molecule has 3 unspecified atom stereocenters. The molecule has 90 valence electrons. The van der Waals surface area contributed by atoms with E-state index in [1.807, 2.05) is 0 Å². The van der Waals surface area contributed by atoms with E-state index in [2.05, 4.69) is 35.2 Å². The van der Waals surface area contributed by atoms with Gasteiger partial charge in [0.05, 0.1) is 0 Å². The Morgan fingerprint density at radius 2 is 2.06 bits per heavy atom. The zero-order valence-corrected chi connectivity index (χ0v) is 10.3. The minimum Gasteiger partial charge on any atom is -0.365 e. The van der Waals surface area contributed by atoms with Crippen LogP contribution in [0.15, 0.2) is 12.4 Å². The van der Waals surface area contributed by atoms with E-state index in [0.717, 1.165) is 12.3 Å². The highest BCUT2D eigenvalue weighted by Gasteiger charge is 2.26. The summed E-state index contributed by atoms with van der Waals surface area (Å²) >= 11 is 0. The Morgan fingerprint density at radius 3 is 2.76 bits per heavy atom. The average Bonchev–Trinajstić information content (AvgIpc) is 2.33. The van der Waals surface area contributed by atoms with Gasteiger partial charge in [0.25, 0.3) is 0 Å². The minimum atomic E-state index is 0.387. The molecule has 0 saturated heterocycles. The molecule has 4 nitrogen and oxygen atoms in total. The molecule has 3 atom stereocenters. The molecule has 0 bridgehead atoms. The summed E-state index contributed by atoms with van der Waals surface area (Å²) in [5.74, 6) is 2.05. The quantitative estimate of drug-likeness (QED) is 0.848. The number of nitrogens with one attached hydrogen (secondary N) is 1. The minimum absolute atomic E-state index is 0.387. The Balaban J connectivity index is 2.08. The molecule has 1 aromatic rings. The lowest BCUT2D eigenvalue weighted by Crippen LogP contribution is -2.33. The Hall–Kier alpha value is -1.63. The molecule has 1 heterocycles. The van der Waals surface area contributed by atoms with Crippen LogP contribution in [-0.2, 0) is 0 Å². The summed E-state index contributed by atoms with van der Waals surface area (Å²) < 4.78 is 0. The zero-order valence-electron chi connectivity index (χ0n) is 10.3. The van der Waals surface area contributed by atoms with Crippen LogP contribution in [-0.4, -0.2) is 16.0 Å². The molecule has 0 amide bonds. The van der Waals surface area contributed by atoms with Gasteiger partial charge in [-0.1, -0.05) is 13.8 Å². The highest BCUT2D eigenvalue weighted by molar-refractivity contribution is 5.47. The van der Waals surface area contributed by atoms with Gasteiger partial charge in [0.15, 0.2) is 11.5 Å². The maximum absolute atomic E-state index is 8.96. The van der Waals surface area contributed by atoms with Gasteiger partial charge in [-0.15, -0.1) is 0 Å². The monoisotopic (exact) mass is 230 g/mol. The normalized spacial score (nSPS) is 28.4. The number of hydrogen-bond donors (Lipinski definition) is 1. The van der Waals surface area contributed by atoms with Crippen LogP contribution in [0.3, 0.4) is 0 Å². The van der Waals surface area contributed by atoms with Gasteiger partial charge in [0.1, 0.15) is 6.07 Å². The van der Waals surface area contributed by atoms with Crippen molar-refractivity contribution in [1.29, 1.82) is 5.26 Å². The number of anilines is 1. The first-order chi connectivity index (χ1) is 8.20. The maximum atomic E-state index is 8.96. The van der Waals surface area contributed by atoms with E-state index in [-0.39, 0.29) is 0 Å². The summed E-state index contributed by atoms with van der Waals surface area (Å²) in [6.45, 7) is 4.56. The second-order valence-corrected chi connectivity index (χ2v) is 5.01. The number of nitrogens with zero attached hydrogens (tertiary/aromatic N) is 3. The van der Waals surface area contributed by atoms with Crippen molar-refractivity contribution >= 4 is 5.82 Å². The largest absolute Gasteiger partial charge is 0.365 e. The molecule has 2 rings (SSSR count). The van der Waals surface area contributed by atoms with Gasteiger partial charge in [0.2, 0.25) is 0 Å². The predicted molar refractivity (Wildman–Crippen MR) is 66.3 cm³/mol. The van der Waals surface area contributed by atoms with E-state index in [9.17, 15) is 0 Å². The molecule has 0 radical (unpaired) electrons. The Kier molecular flexibility index (Phi) is 3.58. The number of rotatable bonds is 2. The van der Waals surface area contributed by atoms with Crippen molar-refractivity contribution < 1.29 is 0 Å². The molecule has 1 fully saturated rings. The fourth-order valence-corrected chi connectivity index (χ4v) is 2.58. The summed E-state index contributed by atoms with van der Waals surface area (Å²) in [5.41, 5.74) is 0.387. The predicted octanol–water partition coefficient (Wildman–Crippen LogP) is 2.58. The topological polar surface area (TPSA) is 61.6 Å². The number of hydrogen-bond acceptors (Lipinski definition) is 4. The molecule has 1 aliphatic carbocycles. The van der Waals surface area contributed by atoms with E-state index in [1.165, 1.54) is 12.8 Å². The van der Waals surface area contributed by atoms with Crippen LogP contribution >= 0.6 is 0 Å². The van der Waals surface area contributed by atoms with Gasteiger partial charge in [-0.2, -0.15) is 5.26 Å². The fraction of sp³-hybridized carbons (Fsp3) is 0.615. The third kappa shape index (κ3) is 2.73. The summed E-state index contributed by atoms with van der Waals surface area (Å²) in [6.07, 6.45) is 6.79. The molecule has 0 aromatic carbocycles. The van der Waals surface area contributed by atoms with Gasteiger partial charge < -0.3 is 5.32 Å². The molecule has 17 heavy (non-hydrogen) atoms. The van der Waals surface area contributed by atoms with Crippen molar-refractivity contribution in [1.82, 2.24) is 9.97 Å². The Bertz CT molecular complexity index is 424. The molecular formula is C13H18N4. The van der Waals surface area contributed by atoms with Crippen LogP contribution in [0.4, 0.5) is 5.82 Å². The van der Waals surface area contributed by atoms with Gasteiger partial charge >= 0.3 is 0 Å². The Labute approximate surface area is 102 Å². The molecule has 1 N–H and O–H groups in total. The summed E-state index contributed by atoms with van der Waals surface area (Å²) in [6, 6.07) is 2.48. The van der Waals surface area contributed by atoms with Crippen LogP contribution in [0.5, 0.6) is 0 Å². The van der Waals surface area contributed by atoms with Crippen molar-refractivity contribution in [3.8, 4) is 6.07 Å². The van der Waals surface area contributed by atoms with Crippen LogP contribution in [0.2, 0.25) is 0 Å². The van der Waals surface area contributed by atoms with Crippen LogP contribution < -0.4 is 5.32 Å². The van der Waals surface area contributed by atoms with Crippen molar-refractivity contribution in [2.75, 3.05) is 5.32 Å². The van der Waals surface area contributed by atoms with Crippen LogP contribution in [0.1, 0.15) is 38.8 Å². The highest BCUT2D eigenvalue weighted by atomic mass is 15.0. The molecule has 1 aromatic heterocycles. The lowest BCUT2D eigenvalue weighted by atomic mass is 9.80. The number of nitriles is 1. The third-order valence-corrected chi connectivity index (χ3v) is 3.56. The van der Waals surface area contributed by atoms with E-state index in [4.69, 9.17) is 5.26 Å². The fourth-order valence-electron chi connectivity index (χ4n) is 2.58. The second kappa shape index (κ2) is 5.13. The summed E-state index contributed by atoms with van der Waals surface area (Å²) in [7, 11) is 0. The number of aromatic nitrogens is 2. The second-order valence-electron chi connectivity index (χ2n) is 5.01. The molecule has 4 heteroatoms. The van der Waals surface area contributed by atoms with Crippen molar-refractivity contribution in [2.24, 2.45) is 11.8 Å². The molecule has 1 saturated carbocycles. The first-order valence-electron chi connectivity index (χ1n) is 6.18. The smallest absolute Gasteiger partial charge is 0.182 e. The van der Waals surface area contributed by atoms with Crippen LogP contribution in [0, 0.1) is 23.2 Å². The zero-order chi connectivity index (χ0) is 12.3. The van der Waals surface area contributed by atoms with E-state index in [1.54, 1.807) is 12.4 Å². The van der Waals surface area contributed by atoms with Crippen molar-refractivity contribution in [3.05, 3.63) is 18.1 Å². The van der Waals surface area contributed by atoms with Gasteiger partial charge in [-0.25, -0.2) is 9.97 Å². The standard InChI is InChI=1S/C13H18N4/c1-9-3-4-11(10(2)7-9)17-13-12(8-14)15-5-6-16-13/h5-6,9-11H,3-4,7H2,1-2H3,(H,16,17). The summed E-state index contributed by atoms with van der Waals surface area (Å²) in [5, 5.41) is 12.3. The van der Waals surface area contributed by atoms with Gasteiger partial charge in [0, 0.05) is 18.4 Å². The van der Waals surface area contributed by atoms with Crippen molar-refractivity contribution in [3.63, 3.8) is 0 Å². The molecule has 0 spiro atoms. The van der Waals surface area contributed by atoms with Crippen LogP contribution in [0.25, 0.3) is 0 Å².